The Bertz CT molecular complexity index is 945. The lowest BCUT2D eigenvalue weighted by molar-refractivity contribution is -0.139. The van der Waals surface area contributed by atoms with Gasteiger partial charge in [-0.1, -0.05) is 50.2 Å². The van der Waals surface area contributed by atoms with Crippen LogP contribution in [0.15, 0.2) is 48.7 Å². The summed E-state index contributed by atoms with van der Waals surface area (Å²) in [7, 11) is 0. The van der Waals surface area contributed by atoms with Gasteiger partial charge < -0.3 is 15.5 Å². The molecule has 170 valence electrons. The van der Waals surface area contributed by atoms with Crippen LogP contribution in [0.5, 0.6) is 0 Å². The van der Waals surface area contributed by atoms with E-state index in [9.17, 15) is 14.4 Å². The molecule has 0 spiro atoms. The Morgan fingerprint density at radius 3 is 2.56 bits per heavy atom. The fraction of sp³-hybridized carbons (Fsp3) is 0.440. The minimum absolute atomic E-state index is 0.135. The molecule has 3 rings (SSSR count). The smallest absolute Gasteiger partial charge is 0.249 e. The minimum atomic E-state index is -0.762. The number of nitrogens with zero attached hydrogens (tertiary/aromatic N) is 2. The number of pyridine rings is 1. The van der Waals surface area contributed by atoms with Crippen LogP contribution in [0.3, 0.4) is 0 Å². The number of aryl methyl sites for hydroxylation is 1. The number of rotatable bonds is 7. The topological polar surface area (TPSA) is 91.4 Å². The third-order valence-corrected chi connectivity index (χ3v) is 5.63. The summed E-state index contributed by atoms with van der Waals surface area (Å²) >= 11 is 0. The lowest BCUT2D eigenvalue weighted by atomic mass is 9.95. The molecule has 32 heavy (non-hydrogen) atoms. The van der Waals surface area contributed by atoms with Crippen molar-refractivity contribution in [2.24, 2.45) is 11.8 Å². The Morgan fingerprint density at radius 2 is 1.88 bits per heavy atom. The first-order valence-electron chi connectivity index (χ1n) is 11.2. The minimum Gasteiger partial charge on any atom is -0.341 e. The van der Waals surface area contributed by atoms with E-state index in [0.717, 1.165) is 17.5 Å². The Balaban J connectivity index is 1.72. The lowest BCUT2D eigenvalue weighted by Crippen LogP contribution is -2.49. The predicted octanol–water partition coefficient (Wildman–Crippen LogP) is 3.47. The number of aromatic nitrogens is 1. The molecule has 0 bridgehead atoms. The summed E-state index contributed by atoms with van der Waals surface area (Å²) in [5, 5.41) is 5.81. The van der Waals surface area contributed by atoms with E-state index in [0.29, 0.717) is 31.7 Å². The molecule has 2 unspecified atom stereocenters. The molecule has 1 aliphatic rings. The van der Waals surface area contributed by atoms with E-state index in [-0.39, 0.29) is 29.6 Å². The molecule has 0 radical (unpaired) electrons. The molecule has 1 saturated heterocycles. The summed E-state index contributed by atoms with van der Waals surface area (Å²) < 4.78 is 0. The molecule has 0 aliphatic carbocycles. The fourth-order valence-corrected chi connectivity index (χ4v) is 3.93. The maximum atomic E-state index is 13.5. The molecule has 0 saturated carbocycles. The average Bonchev–Trinajstić information content (AvgIpc) is 2.78. The van der Waals surface area contributed by atoms with Gasteiger partial charge in [-0.3, -0.25) is 14.4 Å². The van der Waals surface area contributed by atoms with Crippen LogP contribution in [-0.4, -0.2) is 40.7 Å². The van der Waals surface area contributed by atoms with Gasteiger partial charge in [0.05, 0.1) is 5.92 Å². The van der Waals surface area contributed by atoms with Crippen molar-refractivity contribution in [3.8, 4) is 0 Å². The number of anilines is 1. The molecule has 1 fully saturated rings. The molecule has 1 aromatic carbocycles. The maximum Gasteiger partial charge on any atom is 0.249 e. The molecule has 2 heterocycles. The summed E-state index contributed by atoms with van der Waals surface area (Å²) in [6, 6.07) is 12.2. The summed E-state index contributed by atoms with van der Waals surface area (Å²) in [6.45, 7) is 6.71. The third kappa shape index (κ3) is 6.15. The number of likely N-dealkylation sites (tertiary alicyclic amines) is 1. The Kier molecular flexibility index (Phi) is 7.98. The van der Waals surface area contributed by atoms with Crippen LogP contribution in [0.2, 0.25) is 0 Å². The molecule has 2 atom stereocenters. The predicted molar refractivity (Wildman–Crippen MR) is 124 cm³/mol. The van der Waals surface area contributed by atoms with Gasteiger partial charge in [-0.2, -0.15) is 0 Å². The van der Waals surface area contributed by atoms with Crippen molar-refractivity contribution in [2.75, 3.05) is 18.4 Å². The largest absolute Gasteiger partial charge is 0.341 e. The van der Waals surface area contributed by atoms with E-state index in [2.05, 4.69) is 15.6 Å². The van der Waals surface area contributed by atoms with Gasteiger partial charge in [0.2, 0.25) is 17.7 Å². The number of amides is 3. The lowest BCUT2D eigenvalue weighted by Gasteiger charge is -2.34. The zero-order chi connectivity index (χ0) is 23.1. The van der Waals surface area contributed by atoms with Crippen molar-refractivity contribution in [1.29, 1.82) is 0 Å². The number of carbonyl (C=O) groups is 3. The molecule has 2 aromatic rings. The number of piperidine rings is 1. The van der Waals surface area contributed by atoms with Gasteiger partial charge >= 0.3 is 0 Å². The highest BCUT2D eigenvalue weighted by molar-refractivity contribution is 5.93. The van der Waals surface area contributed by atoms with Gasteiger partial charge in [0, 0.05) is 25.7 Å². The highest BCUT2D eigenvalue weighted by atomic mass is 16.2. The number of benzene rings is 1. The van der Waals surface area contributed by atoms with Crippen LogP contribution in [0, 0.1) is 18.8 Å². The molecule has 1 aliphatic heterocycles. The van der Waals surface area contributed by atoms with E-state index in [4.69, 9.17) is 0 Å². The molecular weight excluding hydrogens is 404 g/mol. The highest BCUT2D eigenvalue weighted by Gasteiger charge is 2.33. The van der Waals surface area contributed by atoms with E-state index in [1.165, 1.54) is 0 Å². The second-order valence-electron chi connectivity index (χ2n) is 8.79. The summed E-state index contributed by atoms with van der Waals surface area (Å²) in [6.07, 6.45) is 3.43. The maximum absolute atomic E-state index is 13.5. The quantitative estimate of drug-likeness (QED) is 0.695. The first kappa shape index (κ1) is 23.4. The second-order valence-corrected chi connectivity index (χ2v) is 8.79. The summed E-state index contributed by atoms with van der Waals surface area (Å²) in [4.78, 5) is 44.7. The molecular formula is C25H32N4O3. The number of carbonyl (C=O) groups excluding carboxylic acids is 3. The SMILES string of the molecule is Cc1cccnc1NC(=O)C1CCCN(C(=O)C(NC(=O)CC(C)C)c2ccccc2)C1. The number of hydrogen-bond acceptors (Lipinski definition) is 4. The highest BCUT2D eigenvalue weighted by Crippen LogP contribution is 2.24. The molecule has 1 aromatic heterocycles. The standard InChI is InChI=1S/C25H32N4O3/c1-17(2)15-21(30)27-22(19-10-5-4-6-11-19)25(32)29-14-8-12-20(16-29)24(31)28-23-18(3)9-7-13-26-23/h4-7,9-11,13,17,20,22H,8,12,14-16H2,1-3H3,(H,27,30)(H,26,28,31). The van der Waals surface area contributed by atoms with Crippen LogP contribution in [0.1, 0.15) is 50.3 Å². The zero-order valence-corrected chi connectivity index (χ0v) is 19.0. The van der Waals surface area contributed by atoms with Crippen molar-refractivity contribution in [3.05, 3.63) is 59.8 Å². The van der Waals surface area contributed by atoms with Gasteiger partial charge in [-0.05, 0) is 42.9 Å². The van der Waals surface area contributed by atoms with Crippen molar-refractivity contribution < 1.29 is 14.4 Å². The van der Waals surface area contributed by atoms with Crippen LogP contribution >= 0.6 is 0 Å². The normalized spacial score (nSPS) is 17.0. The first-order valence-corrected chi connectivity index (χ1v) is 11.2. The third-order valence-electron chi connectivity index (χ3n) is 5.63. The van der Waals surface area contributed by atoms with E-state index < -0.39 is 6.04 Å². The van der Waals surface area contributed by atoms with Crippen LogP contribution in [-0.2, 0) is 14.4 Å². The van der Waals surface area contributed by atoms with Crippen molar-refractivity contribution in [1.82, 2.24) is 15.2 Å². The zero-order valence-electron chi connectivity index (χ0n) is 19.0. The van der Waals surface area contributed by atoms with Crippen LogP contribution in [0.4, 0.5) is 5.82 Å². The van der Waals surface area contributed by atoms with Gasteiger partial charge in [-0.15, -0.1) is 0 Å². The van der Waals surface area contributed by atoms with Gasteiger partial charge in [-0.25, -0.2) is 4.98 Å². The van der Waals surface area contributed by atoms with E-state index in [1.807, 2.05) is 63.2 Å². The van der Waals surface area contributed by atoms with Gasteiger partial charge in [0.15, 0.2) is 0 Å². The van der Waals surface area contributed by atoms with E-state index in [1.54, 1.807) is 11.1 Å². The van der Waals surface area contributed by atoms with Gasteiger partial charge in [0.1, 0.15) is 11.9 Å². The van der Waals surface area contributed by atoms with Crippen LogP contribution < -0.4 is 10.6 Å². The Hall–Kier alpha value is -3.22. The monoisotopic (exact) mass is 436 g/mol. The van der Waals surface area contributed by atoms with Crippen LogP contribution in [0.25, 0.3) is 0 Å². The summed E-state index contributed by atoms with van der Waals surface area (Å²) in [5.74, 6) is -0.0519. The Labute approximate surface area is 189 Å². The average molecular weight is 437 g/mol. The van der Waals surface area contributed by atoms with E-state index >= 15 is 0 Å². The fourth-order valence-electron chi connectivity index (χ4n) is 3.93. The molecule has 7 heteroatoms. The number of nitrogens with one attached hydrogen (secondary N) is 2. The first-order chi connectivity index (χ1) is 15.3. The van der Waals surface area contributed by atoms with Crippen molar-refractivity contribution in [2.45, 2.75) is 46.1 Å². The Morgan fingerprint density at radius 1 is 1.12 bits per heavy atom. The van der Waals surface area contributed by atoms with Crippen molar-refractivity contribution >= 4 is 23.5 Å². The number of hydrogen-bond donors (Lipinski definition) is 2. The summed E-state index contributed by atoms with van der Waals surface area (Å²) in [5.41, 5.74) is 1.63. The molecule has 3 amide bonds. The molecule has 2 N–H and O–H groups in total. The van der Waals surface area contributed by atoms with Crippen molar-refractivity contribution in [3.63, 3.8) is 0 Å². The molecule has 7 nitrogen and oxygen atoms in total. The second kappa shape index (κ2) is 10.9. The van der Waals surface area contributed by atoms with Gasteiger partial charge in [0.25, 0.3) is 0 Å².